The van der Waals surface area contributed by atoms with E-state index in [0.29, 0.717) is 29.8 Å². The van der Waals surface area contributed by atoms with Crippen molar-refractivity contribution < 1.29 is 13.2 Å². The molecule has 1 aromatic heterocycles. The Bertz CT molecular complexity index is 1380. The molecule has 2 heterocycles. The number of fused-ring (bicyclic) bond motifs is 1. The lowest BCUT2D eigenvalue weighted by molar-refractivity contribution is -0.116. The Morgan fingerprint density at radius 2 is 1.73 bits per heavy atom. The number of amides is 1. The van der Waals surface area contributed by atoms with Crippen molar-refractivity contribution in [3.05, 3.63) is 58.0 Å². The van der Waals surface area contributed by atoms with Crippen molar-refractivity contribution in [2.45, 2.75) is 58.0 Å². The summed E-state index contributed by atoms with van der Waals surface area (Å²) in [4.78, 5) is 26.3. The summed E-state index contributed by atoms with van der Waals surface area (Å²) in [6.45, 7) is 8.40. The zero-order valence-electron chi connectivity index (χ0n) is 19.5. The topological polar surface area (TPSA) is 93.4 Å². The minimum Gasteiger partial charge on any atom is -0.324 e. The maximum Gasteiger partial charge on any atom is 0.329 e. The fraction of sp³-hybridized carbons (Fsp3) is 0.417. The van der Waals surface area contributed by atoms with Gasteiger partial charge in [0.15, 0.2) is 0 Å². The van der Waals surface area contributed by atoms with Crippen LogP contribution in [-0.2, 0) is 21.4 Å². The van der Waals surface area contributed by atoms with Crippen LogP contribution in [0.5, 0.6) is 0 Å². The number of hydrogen-bond donors (Lipinski definition) is 1. The number of aryl methyl sites for hydroxylation is 2. The molecule has 0 saturated carbocycles. The standard InChI is InChI=1S/C24H30N4O4S/c1-16(2)28-21-10-9-19(33(31,32)26-11-5-6-12-26)14-22(21)27(24(28)30)15-23(29)25-20-13-17(3)7-8-18(20)4/h7-10,13-14,16H,5-6,11-12,15H2,1-4H3,(H,25,29). The van der Waals surface area contributed by atoms with Gasteiger partial charge in [0.05, 0.1) is 15.9 Å². The number of carbonyl (C=O) groups is 1. The predicted octanol–water partition coefficient (Wildman–Crippen LogP) is 3.42. The smallest absolute Gasteiger partial charge is 0.324 e. The molecule has 2 aromatic carbocycles. The third-order valence-corrected chi connectivity index (χ3v) is 8.02. The first-order chi connectivity index (χ1) is 15.6. The second-order valence-corrected chi connectivity index (χ2v) is 10.9. The monoisotopic (exact) mass is 470 g/mol. The average Bonchev–Trinajstić information content (AvgIpc) is 3.38. The minimum atomic E-state index is -3.65. The molecule has 0 atom stereocenters. The second-order valence-electron chi connectivity index (χ2n) is 8.96. The molecule has 1 fully saturated rings. The summed E-state index contributed by atoms with van der Waals surface area (Å²) >= 11 is 0. The van der Waals surface area contributed by atoms with Crippen LogP contribution in [0.1, 0.15) is 43.9 Å². The summed E-state index contributed by atoms with van der Waals surface area (Å²) in [6, 6.07) is 10.4. The summed E-state index contributed by atoms with van der Waals surface area (Å²) in [5.41, 5.74) is 3.33. The molecular formula is C24H30N4O4S. The Labute approximate surface area is 193 Å². The SMILES string of the molecule is Cc1ccc(C)c(NC(=O)Cn2c(=O)n(C(C)C)c3ccc(S(=O)(=O)N4CCCC4)cc32)c1. The van der Waals surface area contributed by atoms with Gasteiger partial charge in [-0.1, -0.05) is 12.1 Å². The van der Waals surface area contributed by atoms with Crippen LogP contribution in [-0.4, -0.2) is 40.9 Å². The van der Waals surface area contributed by atoms with E-state index in [9.17, 15) is 18.0 Å². The maximum absolute atomic E-state index is 13.2. The van der Waals surface area contributed by atoms with Crippen molar-refractivity contribution >= 4 is 32.7 Å². The van der Waals surface area contributed by atoms with Crippen molar-refractivity contribution in [1.29, 1.82) is 0 Å². The lowest BCUT2D eigenvalue weighted by Gasteiger charge is -2.16. The highest BCUT2D eigenvalue weighted by atomic mass is 32.2. The quantitative estimate of drug-likeness (QED) is 0.597. The highest BCUT2D eigenvalue weighted by Gasteiger charge is 2.28. The van der Waals surface area contributed by atoms with E-state index in [1.54, 1.807) is 16.7 Å². The number of imidazole rings is 1. The highest BCUT2D eigenvalue weighted by molar-refractivity contribution is 7.89. The third-order valence-electron chi connectivity index (χ3n) is 6.12. The van der Waals surface area contributed by atoms with Gasteiger partial charge in [0, 0.05) is 24.8 Å². The molecule has 33 heavy (non-hydrogen) atoms. The number of hydrogen-bond acceptors (Lipinski definition) is 4. The lowest BCUT2D eigenvalue weighted by atomic mass is 10.1. The van der Waals surface area contributed by atoms with Gasteiger partial charge >= 0.3 is 5.69 Å². The molecule has 9 heteroatoms. The molecule has 1 saturated heterocycles. The molecule has 1 N–H and O–H groups in total. The molecule has 3 aromatic rings. The van der Waals surface area contributed by atoms with Gasteiger partial charge < -0.3 is 5.32 Å². The number of carbonyl (C=O) groups excluding carboxylic acids is 1. The van der Waals surface area contributed by atoms with E-state index in [1.807, 2.05) is 45.9 Å². The van der Waals surface area contributed by atoms with Crippen LogP contribution in [0, 0.1) is 13.8 Å². The summed E-state index contributed by atoms with van der Waals surface area (Å²) in [5, 5.41) is 2.89. The van der Waals surface area contributed by atoms with E-state index >= 15 is 0 Å². The van der Waals surface area contributed by atoms with Crippen LogP contribution < -0.4 is 11.0 Å². The van der Waals surface area contributed by atoms with Gasteiger partial charge in [0.2, 0.25) is 15.9 Å². The molecule has 0 radical (unpaired) electrons. The first-order valence-electron chi connectivity index (χ1n) is 11.2. The zero-order valence-corrected chi connectivity index (χ0v) is 20.3. The molecule has 4 rings (SSSR count). The van der Waals surface area contributed by atoms with E-state index in [1.165, 1.54) is 14.9 Å². The summed E-state index contributed by atoms with van der Waals surface area (Å²) in [6.07, 6.45) is 1.68. The number of nitrogens with zero attached hydrogens (tertiary/aromatic N) is 3. The molecular weight excluding hydrogens is 440 g/mol. The average molecular weight is 471 g/mol. The molecule has 0 spiro atoms. The van der Waals surface area contributed by atoms with Gasteiger partial charge in [0.1, 0.15) is 6.54 Å². The van der Waals surface area contributed by atoms with E-state index in [4.69, 9.17) is 0 Å². The van der Waals surface area contributed by atoms with E-state index < -0.39 is 10.0 Å². The number of aromatic nitrogens is 2. The summed E-state index contributed by atoms with van der Waals surface area (Å²) in [5.74, 6) is -0.346. The van der Waals surface area contributed by atoms with Gasteiger partial charge in [-0.3, -0.25) is 13.9 Å². The minimum absolute atomic E-state index is 0.140. The normalized spacial score (nSPS) is 14.9. The molecule has 0 bridgehead atoms. The van der Waals surface area contributed by atoms with Gasteiger partial charge in [-0.05, 0) is 75.9 Å². The van der Waals surface area contributed by atoms with Crippen molar-refractivity contribution in [3.8, 4) is 0 Å². The van der Waals surface area contributed by atoms with Crippen LogP contribution in [0.3, 0.4) is 0 Å². The van der Waals surface area contributed by atoms with Crippen molar-refractivity contribution in [2.75, 3.05) is 18.4 Å². The van der Waals surface area contributed by atoms with Crippen LogP contribution >= 0.6 is 0 Å². The fourth-order valence-electron chi connectivity index (χ4n) is 4.35. The lowest BCUT2D eigenvalue weighted by Crippen LogP contribution is -2.30. The van der Waals surface area contributed by atoms with E-state index in [0.717, 1.165) is 24.0 Å². The molecule has 8 nitrogen and oxygen atoms in total. The first kappa shape index (κ1) is 23.3. The second kappa shape index (κ2) is 8.79. The van der Waals surface area contributed by atoms with Crippen LogP contribution in [0.25, 0.3) is 11.0 Å². The number of benzene rings is 2. The zero-order chi connectivity index (χ0) is 23.9. The van der Waals surface area contributed by atoms with Gasteiger partial charge in [0.25, 0.3) is 0 Å². The molecule has 1 aliphatic heterocycles. The van der Waals surface area contributed by atoms with Crippen molar-refractivity contribution in [3.63, 3.8) is 0 Å². The largest absolute Gasteiger partial charge is 0.329 e. The first-order valence-corrected chi connectivity index (χ1v) is 12.7. The molecule has 1 amide bonds. The fourth-order valence-corrected chi connectivity index (χ4v) is 5.89. The number of sulfonamides is 1. The molecule has 1 aliphatic rings. The third kappa shape index (κ3) is 4.35. The van der Waals surface area contributed by atoms with Gasteiger partial charge in [-0.25, -0.2) is 13.2 Å². The maximum atomic E-state index is 13.2. The van der Waals surface area contributed by atoms with Crippen molar-refractivity contribution in [1.82, 2.24) is 13.4 Å². The Balaban J connectivity index is 1.76. The molecule has 176 valence electrons. The highest BCUT2D eigenvalue weighted by Crippen LogP contribution is 2.26. The summed E-state index contributed by atoms with van der Waals surface area (Å²) in [7, 11) is -3.65. The number of anilines is 1. The van der Waals surface area contributed by atoms with E-state index in [2.05, 4.69) is 5.32 Å². The van der Waals surface area contributed by atoms with Crippen LogP contribution in [0.2, 0.25) is 0 Å². The Hall–Kier alpha value is -2.91. The Morgan fingerprint density at radius 3 is 2.39 bits per heavy atom. The Kier molecular flexibility index (Phi) is 6.20. The predicted molar refractivity (Wildman–Crippen MR) is 129 cm³/mol. The number of nitrogens with one attached hydrogen (secondary N) is 1. The molecule has 0 aliphatic carbocycles. The number of rotatable bonds is 6. The Morgan fingerprint density at radius 1 is 1.03 bits per heavy atom. The summed E-state index contributed by atoms with van der Waals surface area (Å²) < 4.78 is 30.6. The van der Waals surface area contributed by atoms with Gasteiger partial charge in [-0.15, -0.1) is 0 Å². The van der Waals surface area contributed by atoms with Crippen LogP contribution in [0.15, 0.2) is 46.1 Å². The van der Waals surface area contributed by atoms with Crippen molar-refractivity contribution in [2.24, 2.45) is 0 Å². The molecule has 0 unspecified atom stereocenters. The van der Waals surface area contributed by atoms with Crippen LogP contribution in [0.4, 0.5) is 5.69 Å². The van der Waals surface area contributed by atoms with E-state index in [-0.39, 0.29) is 29.1 Å². The van der Waals surface area contributed by atoms with Gasteiger partial charge in [-0.2, -0.15) is 4.31 Å².